The number of likely N-dealkylation sites (N-methyl/N-ethyl adjacent to an activating group) is 1. The van der Waals surface area contributed by atoms with E-state index in [-0.39, 0.29) is 29.3 Å². The minimum Gasteiger partial charge on any atom is -0.358 e. The molecule has 0 spiro atoms. The second kappa shape index (κ2) is 8.88. The molecule has 0 aliphatic carbocycles. The first-order chi connectivity index (χ1) is 15.9. The van der Waals surface area contributed by atoms with Crippen LogP contribution in [-0.4, -0.2) is 99.8 Å². The molecule has 0 N–H and O–H groups in total. The van der Waals surface area contributed by atoms with Crippen LogP contribution >= 0.6 is 0 Å². The van der Waals surface area contributed by atoms with Crippen molar-refractivity contribution < 1.29 is 18.0 Å². The van der Waals surface area contributed by atoms with Crippen molar-refractivity contribution in [2.45, 2.75) is 43.0 Å². The fourth-order valence-electron chi connectivity index (χ4n) is 5.43. The Bertz CT molecular complexity index is 1030. The predicted octanol–water partition coefficient (Wildman–Crippen LogP) is 0.951. The van der Waals surface area contributed by atoms with Gasteiger partial charge in [-0.3, -0.25) is 14.5 Å². The normalized spacial score (nSPS) is 24.7. The highest BCUT2D eigenvalue weighted by atomic mass is 32.2. The summed E-state index contributed by atoms with van der Waals surface area (Å²) >= 11 is 0. The van der Waals surface area contributed by atoms with Crippen LogP contribution in [0.25, 0.3) is 0 Å². The van der Waals surface area contributed by atoms with E-state index in [2.05, 4.69) is 9.80 Å². The smallest absolute Gasteiger partial charge is 0.250 e. The summed E-state index contributed by atoms with van der Waals surface area (Å²) in [7, 11) is -1.59. The number of carbonyl (C=O) groups excluding carboxylic acids is 2. The van der Waals surface area contributed by atoms with Crippen molar-refractivity contribution in [3.8, 4) is 0 Å². The average Bonchev–Trinajstić information content (AvgIpc) is 3.38. The van der Waals surface area contributed by atoms with Crippen LogP contribution in [0.4, 0.5) is 11.4 Å². The molecule has 4 aliphatic heterocycles. The maximum Gasteiger partial charge on any atom is 0.250 e. The van der Waals surface area contributed by atoms with Crippen molar-refractivity contribution in [1.82, 2.24) is 14.1 Å². The minimum absolute atomic E-state index is 0.0485. The summed E-state index contributed by atoms with van der Waals surface area (Å²) in [5.41, 5.74) is 1.40. The SMILES string of the molecule is CN1CCN(C(=O)CN2C(=O)[C@@H]3CCCCN3c3ccc(S(=O)(=O)N4CCCC4)cc32)CC1. The number of anilines is 2. The molecular weight excluding hydrogens is 442 g/mol. The number of piperidine rings is 1. The Morgan fingerprint density at radius 2 is 1.64 bits per heavy atom. The molecule has 180 valence electrons. The molecule has 1 aromatic carbocycles. The lowest BCUT2D eigenvalue weighted by Gasteiger charge is -2.45. The highest BCUT2D eigenvalue weighted by Gasteiger charge is 2.41. The molecule has 10 heteroatoms. The van der Waals surface area contributed by atoms with Gasteiger partial charge in [0.05, 0.1) is 16.3 Å². The van der Waals surface area contributed by atoms with Gasteiger partial charge in [-0.1, -0.05) is 0 Å². The second-order valence-corrected chi connectivity index (χ2v) is 11.5. The van der Waals surface area contributed by atoms with Crippen molar-refractivity contribution >= 4 is 33.2 Å². The molecule has 4 aliphatic rings. The van der Waals surface area contributed by atoms with E-state index in [1.165, 1.54) is 4.31 Å². The quantitative estimate of drug-likeness (QED) is 0.645. The van der Waals surface area contributed by atoms with Gasteiger partial charge in [0.2, 0.25) is 21.8 Å². The molecule has 9 nitrogen and oxygen atoms in total. The van der Waals surface area contributed by atoms with Gasteiger partial charge in [-0.25, -0.2) is 8.42 Å². The van der Waals surface area contributed by atoms with Gasteiger partial charge in [0.25, 0.3) is 0 Å². The Hall–Kier alpha value is -2.17. The molecule has 33 heavy (non-hydrogen) atoms. The zero-order valence-corrected chi connectivity index (χ0v) is 20.1. The molecule has 3 saturated heterocycles. The molecule has 0 saturated carbocycles. The molecule has 1 aromatic rings. The van der Waals surface area contributed by atoms with Crippen LogP contribution < -0.4 is 9.80 Å². The van der Waals surface area contributed by atoms with Crippen LogP contribution in [0.1, 0.15) is 32.1 Å². The Kier molecular flexibility index (Phi) is 6.09. The van der Waals surface area contributed by atoms with Crippen molar-refractivity contribution in [2.24, 2.45) is 0 Å². The van der Waals surface area contributed by atoms with Crippen LogP contribution in [0.2, 0.25) is 0 Å². The number of rotatable bonds is 4. The van der Waals surface area contributed by atoms with Crippen LogP contribution in [0.5, 0.6) is 0 Å². The predicted molar refractivity (Wildman–Crippen MR) is 126 cm³/mol. The molecule has 5 rings (SSSR count). The topological polar surface area (TPSA) is 84.5 Å². The van der Waals surface area contributed by atoms with Gasteiger partial charge in [0, 0.05) is 45.8 Å². The standard InChI is InChI=1S/C23H33N5O4S/c1-24-12-14-25(15-13-24)22(29)17-28-21-16-18(33(31,32)26-9-4-5-10-26)7-8-19(21)27-11-3-2-6-20(27)23(28)30/h7-8,16,20H,2-6,9-15,17H2,1H3/t20-/m0/s1. The summed E-state index contributed by atoms with van der Waals surface area (Å²) in [5, 5.41) is 0. The zero-order chi connectivity index (χ0) is 23.2. The Morgan fingerprint density at radius 3 is 2.36 bits per heavy atom. The highest BCUT2D eigenvalue weighted by molar-refractivity contribution is 7.89. The largest absolute Gasteiger partial charge is 0.358 e. The average molecular weight is 476 g/mol. The van der Waals surface area contributed by atoms with Gasteiger partial charge in [0.1, 0.15) is 12.6 Å². The third-order valence-corrected chi connectivity index (χ3v) is 9.35. The van der Waals surface area contributed by atoms with E-state index in [9.17, 15) is 18.0 Å². The van der Waals surface area contributed by atoms with Crippen LogP contribution in [0.3, 0.4) is 0 Å². The highest BCUT2D eigenvalue weighted by Crippen LogP contribution is 2.41. The first kappa shape index (κ1) is 22.6. The molecule has 0 bridgehead atoms. The van der Waals surface area contributed by atoms with E-state index >= 15 is 0 Å². The van der Waals surface area contributed by atoms with E-state index in [1.807, 2.05) is 18.0 Å². The maximum absolute atomic E-state index is 13.6. The third-order valence-electron chi connectivity index (χ3n) is 7.45. The summed E-state index contributed by atoms with van der Waals surface area (Å²) in [5.74, 6) is -0.181. The monoisotopic (exact) mass is 475 g/mol. The summed E-state index contributed by atoms with van der Waals surface area (Å²) in [6.07, 6.45) is 4.46. The van der Waals surface area contributed by atoms with E-state index in [0.717, 1.165) is 57.4 Å². The number of piperazine rings is 1. The minimum atomic E-state index is -3.62. The van der Waals surface area contributed by atoms with Gasteiger partial charge in [-0.05, 0) is 57.4 Å². The first-order valence-electron chi connectivity index (χ1n) is 12.0. The Morgan fingerprint density at radius 1 is 0.939 bits per heavy atom. The molecule has 2 amide bonds. The van der Waals surface area contributed by atoms with Gasteiger partial charge < -0.3 is 14.7 Å². The van der Waals surface area contributed by atoms with Gasteiger partial charge in [-0.2, -0.15) is 4.31 Å². The van der Waals surface area contributed by atoms with Crippen molar-refractivity contribution in [1.29, 1.82) is 0 Å². The van der Waals surface area contributed by atoms with Crippen molar-refractivity contribution in [3.63, 3.8) is 0 Å². The molecular formula is C23H33N5O4S. The fourth-order valence-corrected chi connectivity index (χ4v) is 6.97. The second-order valence-electron chi connectivity index (χ2n) is 9.58. The molecule has 0 aromatic heterocycles. The van der Waals surface area contributed by atoms with Gasteiger partial charge >= 0.3 is 0 Å². The summed E-state index contributed by atoms with van der Waals surface area (Å²) in [6, 6.07) is 4.82. The number of hydrogen-bond acceptors (Lipinski definition) is 6. The number of hydrogen-bond donors (Lipinski definition) is 0. The molecule has 1 atom stereocenters. The molecule has 4 heterocycles. The van der Waals surface area contributed by atoms with Crippen LogP contribution in [0.15, 0.2) is 23.1 Å². The van der Waals surface area contributed by atoms with Gasteiger partial charge in [-0.15, -0.1) is 0 Å². The molecule has 3 fully saturated rings. The Labute approximate surface area is 195 Å². The number of benzene rings is 1. The zero-order valence-electron chi connectivity index (χ0n) is 19.3. The lowest BCUT2D eigenvalue weighted by Crippen LogP contribution is -2.58. The third kappa shape index (κ3) is 4.13. The Balaban J connectivity index is 1.49. The van der Waals surface area contributed by atoms with Gasteiger partial charge in [0.15, 0.2) is 0 Å². The summed E-state index contributed by atoms with van der Waals surface area (Å²) < 4.78 is 28.0. The number of nitrogens with zero attached hydrogens (tertiary/aromatic N) is 5. The van der Waals surface area contributed by atoms with E-state index in [1.54, 1.807) is 17.0 Å². The summed E-state index contributed by atoms with van der Waals surface area (Å²) in [4.78, 5) is 34.5. The van der Waals surface area contributed by atoms with Crippen LogP contribution in [-0.2, 0) is 19.6 Å². The number of carbonyl (C=O) groups is 2. The molecule has 0 radical (unpaired) electrons. The summed E-state index contributed by atoms with van der Waals surface area (Å²) in [6.45, 7) is 4.67. The number of amides is 2. The lowest BCUT2D eigenvalue weighted by atomic mass is 9.96. The van der Waals surface area contributed by atoms with Crippen molar-refractivity contribution in [3.05, 3.63) is 18.2 Å². The lowest BCUT2D eigenvalue weighted by molar-refractivity contribution is -0.133. The van der Waals surface area contributed by atoms with E-state index in [0.29, 0.717) is 31.9 Å². The number of sulfonamides is 1. The first-order valence-corrected chi connectivity index (χ1v) is 13.5. The molecule has 0 unspecified atom stereocenters. The van der Waals surface area contributed by atoms with E-state index < -0.39 is 10.0 Å². The maximum atomic E-state index is 13.6. The number of fused-ring (bicyclic) bond motifs is 3. The van der Waals surface area contributed by atoms with Crippen LogP contribution in [0, 0.1) is 0 Å². The van der Waals surface area contributed by atoms with E-state index in [4.69, 9.17) is 0 Å². The fraction of sp³-hybridized carbons (Fsp3) is 0.652. The van der Waals surface area contributed by atoms with Crippen molar-refractivity contribution in [2.75, 3.05) is 69.2 Å².